The average Bonchev–Trinajstić information content (AvgIpc) is 2.83. The number of hydrogen-bond donors (Lipinski definition) is 2. The smallest absolute Gasteiger partial charge is 0.265 e. The first-order valence-electron chi connectivity index (χ1n) is 9.82. The Morgan fingerprint density at radius 3 is 2.18 bits per heavy atom. The predicted octanol–water partition coefficient (Wildman–Crippen LogP) is 4.17. The van der Waals surface area contributed by atoms with Crippen LogP contribution >= 0.6 is 0 Å². The number of rotatable bonds is 9. The van der Waals surface area contributed by atoms with Gasteiger partial charge in [-0.1, -0.05) is 12.1 Å². The van der Waals surface area contributed by atoms with Gasteiger partial charge in [-0.05, 0) is 66.2 Å². The van der Waals surface area contributed by atoms with E-state index >= 15 is 0 Å². The summed E-state index contributed by atoms with van der Waals surface area (Å²) in [6, 6.07) is 18.0. The van der Waals surface area contributed by atoms with Crippen molar-refractivity contribution in [2.45, 2.75) is 4.90 Å². The van der Waals surface area contributed by atoms with E-state index in [1.165, 1.54) is 32.4 Å². The lowest BCUT2D eigenvalue weighted by Gasteiger charge is -2.13. The predicted molar refractivity (Wildman–Crippen MR) is 127 cm³/mol. The third-order valence-electron chi connectivity index (χ3n) is 4.58. The van der Waals surface area contributed by atoms with Crippen LogP contribution in [0.15, 0.2) is 77.7 Å². The molecule has 0 saturated heterocycles. The Kier molecular flexibility index (Phi) is 7.57. The summed E-state index contributed by atoms with van der Waals surface area (Å²) in [5.41, 5.74) is 1.44. The fraction of sp³-hybridized carbons (Fsp3) is 0.125. The van der Waals surface area contributed by atoms with Gasteiger partial charge in [-0.15, -0.1) is 0 Å². The van der Waals surface area contributed by atoms with E-state index in [1.807, 2.05) is 12.1 Å². The lowest BCUT2D eigenvalue weighted by atomic mass is 10.2. The maximum atomic E-state index is 13.0. The van der Waals surface area contributed by atoms with Gasteiger partial charge < -0.3 is 19.5 Å². The lowest BCUT2D eigenvalue weighted by Crippen LogP contribution is -2.15. The van der Waals surface area contributed by atoms with Crippen LogP contribution in [0.3, 0.4) is 0 Å². The molecule has 0 spiro atoms. The minimum Gasteiger partial charge on any atom is -0.497 e. The second-order valence-electron chi connectivity index (χ2n) is 6.80. The van der Waals surface area contributed by atoms with Crippen molar-refractivity contribution in [3.8, 4) is 17.2 Å². The first kappa shape index (κ1) is 23.7. The molecule has 0 radical (unpaired) electrons. The summed E-state index contributed by atoms with van der Waals surface area (Å²) >= 11 is 0. The second-order valence-corrected chi connectivity index (χ2v) is 8.45. The largest absolute Gasteiger partial charge is 0.497 e. The molecule has 0 aliphatic rings. The third-order valence-corrected chi connectivity index (χ3v) is 5.99. The summed E-state index contributed by atoms with van der Waals surface area (Å²) in [5, 5.41) is 2.66. The molecule has 0 aliphatic carbocycles. The highest BCUT2D eigenvalue weighted by Gasteiger charge is 2.21. The van der Waals surface area contributed by atoms with E-state index in [-0.39, 0.29) is 10.6 Å². The Morgan fingerprint density at radius 2 is 1.52 bits per heavy atom. The van der Waals surface area contributed by atoms with E-state index in [4.69, 9.17) is 14.2 Å². The molecule has 9 heteroatoms. The Labute approximate surface area is 192 Å². The van der Waals surface area contributed by atoms with E-state index in [0.29, 0.717) is 22.9 Å². The van der Waals surface area contributed by atoms with Crippen LogP contribution in [0, 0.1) is 0 Å². The van der Waals surface area contributed by atoms with E-state index in [2.05, 4.69) is 10.0 Å². The van der Waals surface area contributed by atoms with Crippen LogP contribution in [0.2, 0.25) is 0 Å². The summed E-state index contributed by atoms with van der Waals surface area (Å²) < 4.78 is 43.9. The monoisotopic (exact) mass is 468 g/mol. The van der Waals surface area contributed by atoms with E-state index < -0.39 is 15.9 Å². The van der Waals surface area contributed by atoms with Crippen molar-refractivity contribution in [2.75, 3.05) is 31.4 Å². The zero-order valence-electron chi connectivity index (χ0n) is 18.4. The van der Waals surface area contributed by atoms with Crippen LogP contribution in [0.1, 0.15) is 5.56 Å². The second kappa shape index (κ2) is 10.6. The average molecular weight is 469 g/mol. The van der Waals surface area contributed by atoms with Crippen LogP contribution in [0.4, 0.5) is 11.4 Å². The number of amides is 1. The highest BCUT2D eigenvalue weighted by Crippen LogP contribution is 2.29. The molecule has 172 valence electrons. The van der Waals surface area contributed by atoms with Crippen molar-refractivity contribution >= 4 is 33.4 Å². The molecule has 2 N–H and O–H groups in total. The maximum Gasteiger partial charge on any atom is 0.265 e. The molecular formula is C24H24N2O6S. The Bertz CT molecular complexity index is 1250. The number of ether oxygens (including phenoxy) is 3. The van der Waals surface area contributed by atoms with Crippen molar-refractivity contribution < 1.29 is 27.4 Å². The fourth-order valence-corrected chi connectivity index (χ4v) is 4.19. The normalized spacial score (nSPS) is 11.1. The molecule has 3 rings (SSSR count). The number of carbonyl (C=O) groups is 1. The van der Waals surface area contributed by atoms with Crippen molar-refractivity contribution in [1.82, 2.24) is 0 Å². The minimum absolute atomic E-state index is 0.115. The number of anilines is 2. The third kappa shape index (κ3) is 6.27. The maximum absolute atomic E-state index is 13.0. The number of benzene rings is 3. The molecule has 0 bridgehead atoms. The van der Waals surface area contributed by atoms with Gasteiger partial charge in [0.25, 0.3) is 10.0 Å². The SMILES string of the molecule is COc1ccc(NS(=O)(=O)c2cc(NC(=O)/C=C/c3cccc(OC)c3)ccc2OC)cc1. The van der Waals surface area contributed by atoms with Crippen molar-refractivity contribution in [1.29, 1.82) is 0 Å². The number of nitrogens with one attached hydrogen (secondary N) is 2. The summed E-state index contributed by atoms with van der Waals surface area (Å²) in [4.78, 5) is 12.3. The molecule has 0 aliphatic heterocycles. The Balaban J connectivity index is 1.79. The molecular weight excluding hydrogens is 444 g/mol. The molecule has 0 aromatic heterocycles. The van der Waals surface area contributed by atoms with Crippen molar-refractivity contribution in [3.63, 3.8) is 0 Å². The minimum atomic E-state index is -4.00. The van der Waals surface area contributed by atoms with E-state index in [9.17, 15) is 13.2 Å². The summed E-state index contributed by atoms with van der Waals surface area (Å²) in [6.07, 6.45) is 2.98. The highest BCUT2D eigenvalue weighted by molar-refractivity contribution is 7.92. The number of sulfonamides is 1. The quantitative estimate of drug-likeness (QED) is 0.457. The molecule has 0 atom stereocenters. The van der Waals surface area contributed by atoms with E-state index in [0.717, 1.165) is 5.56 Å². The molecule has 33 heavy (non-hydrogen) atoms. The number of hydrogen-bond acceptors (Lipinski definition) is 6. The molecule has 0 heterocycles. The van der Waals surface area contributed by atoms with Gasteiger partial charge in [-0.25, -0.2) is 8.42 Å². The van der Waals surface area contributed by atoms with Crippen molar-refractivity contribution in [2.24, 2.45) is 0 Å². The highest BCUT2D eigenvalue weighted by atomic mass is 32.2. The number of methoxy groups -OCH3 is 3. The summed E-state index contributed by atoms with van der Waals surface area (Å²) in [6.45, 7) is 0. The molecule has 0 unspecified atom stereocenters. The zero-order valence-corrected chi connectivity index (χ0v) is 19.2. The van der Waals surface area contributed by atoms with Crippen LogP contribution in [-0.4, -0.2) is 35.7 Å². The van der Waals surface area contributed by atoms with Crippen LogP contribution in [-0.2, 0) is 14.8 Å². The van der Waals surface area contributed by atoms with E-state index in [1.54, 1.807) is 55.7 Å². The van der Waals surface area contributed by atoms with Gasteiger partial charge in [0.2, 0.25) is 5.91 Å². The summed E-state index contributed by atoms with van der Waals surface area (Å²) in [7, 11) is 0.463. The Hall–Kier alpha value is -3.98. The van der Waals surface area contributed by atoms with Crippen LogP contribution in [0.5, 0.6) is 17.2 Å². The lowest BCUT2D eigenvalue weighted by molar-refractivity contribution is -0.111. The summed E-state index contributed by atoms with van der Waals surface area (Å²) in [5.74, 6) is 0.990. The molecule has 3 aromatic carbocycles. The Morgan fingerprint density at radius 1 is 0.818 bits per heavy atom. The zero-order chi connectivity index (χ0) is 23.8. The van der Waals surface area contributed by atoms with Gasteiger partial charge in [-0.3, -0.25) is 9.52 Å². The molecule has 8 nitrogen and oxygen atoms in total. The topological polar surface area (TPSA) is 103 Å². The molecule has 0 fully saturated rings. The first-order chi connectivity index (χ1) is 15.8. The van der Waals surface area contributed by atoms with Gasteiger partial charge in [0.05, 0.1) is 21.3 Å². The van der Waals surface area contributed by atoms with Crippen molar-refractivity contribution in [3.05, 3.63) is 78.4 Å². The first-order valence-corrected chi connectivity index (χ1v) is 11.3. The standard InChI is InChI=1S/C24H24N2O6S/c1-30-20-11-8-18(9-12-20)26-33(28,29)23-16-19(10-13-22(23)32-3)25-24(27)14-7-17-5-4-6-21(15-17)31-2/h4-16,26H,1-3H3,(H,25,27)/b14-7+. The molecule has 1 amide bonds. The molecule has 3 aromatic rings. The van der Waals surface area contributed by atoms with Gasteiger partial charge in [0.1, 0.15) is 22.1 Å². The van der Waals surface area contributed by atoms with Gasteiger partial charge in [-0.2, -0.15) is 0 Å². The fourth-order valence-electron chi connectivity index (χ4n) is 2.93. The van der Waals surface area contributed by atoms with Gasteiger partial charge in [0, 0.05) is 17.5 Å². The number of carbonyl (C=O) groups excluding carboxylic acids is 1. The molecule has 0 saturated carbocycles. The van der Waals surface area contributed by atoms with Gasteiger partial charge >= 0.3 is 0 Å². The van der Waals surface area contributed by atoms with Gasteiger partial charge in [0.15, 0.2) is 0 Å². The van der Waals surface area contributed by atoms with Crippen LogP contribution in [0.25, 0.3) is 6.08 Å². The van der Waals surface area contributed by atoms with Crippen LogP contribution < -0.4 is 24.2 Å².